The smallest absolute Gasteiger partial charge is 0.126 e. The molecule has 5 heteroatoms. The number of nitrogens with one attached hydrogen (secondary N) is 1. The van der Waals surface area contributed by atoms with Gasteiger partial charge in [-0.3, -0.25) is 0 Å². The minimum Gasteiger partial charge on any atom is -0.384 e. The predicted molar refractivity (Wildman–Crippen MR) is 92.0 cm³/mol. The Hall–Kier alpha value is -1.81. The van der Waals surface area contributed by atoms with Crippen LogP contribution < -0.4 is 11.1 Å². The zero-order valence-electron chi connectivity index (χ0n) is 12.6. The molecule has 1 saturated carbocycles. The topological polar surface area (TPSA) is 63.8 Å². The lowest BCUT2D eigenvalue weighted by Crippen LogP contribution is -2.17. The third kappa shape index (κ3) is 3.69. The number of nitrogens with two attached hydrogens (primary N) is 1. The fourth-order valence-corrected chi connectivity index (χ4v) is 3.17. The van der Waals surface area contributed by atoms with Crippen molar-refractivity contribution in [2.75, 3.05) is 17.6 Å². The summed E-state index contributed by atoms with van der Waals surface area (Å²) >= 11 is 6.20. The molecule has 1 aliphatic rings. The Kier molecular flexibility index (Phi) is 4.78. The molecular formula is C17H21ClN4. The highest BCUT2D eigenvalue weighted by atomic mass is 35.5. The molecular weight excluding hydrogens is 296 g/mol. The lowest BCUT2D eigenvalue weighted by atomic mass is 9.89. The van der Waals surface area contributed by atoms with Gasteiger partial charge in [-0.1, -0.05) is 36.9 Å². The summed E-state index contributed by atoms with van der Waals surface area (Å²) in [6, 6.07) is 7.67. The Bertz CT molecular complexity index is 638. The molecule has 0 aliphatic heterocycles. The Balaban J connectivity index is 1.73. The number of hydrogen-bond acceptors (Lipinski definition) is 4. The number of pyridine rings is 2. The monoisotopic (exact) mass is 316 g/mol. The van der Waals surface area contributed by atoms with E-state index in [-0.39, 0.29) is 0 Å². The zero-order valence-corrected chi connectivity index (χ0v) is 13.3. The highest BCUT2D eigenvalue weighted by molar-refractivity contribution is 6.33. The summed E-state index contributed by atoms with van der Waals surface area (Å²) in [5.74, 6) is 2.09. The molecule has 2 aromatic heterocycles. The van der Waals surface area contributed by atoms with Crippen molar-refractivity contribution in [1.82, 2.24) is 9.97 Å². The van der Waals surface area contributed by atoms with Gasteiger partial charge in [0.2, 0.25) is 0 Å². The lowest BCUT2D eigenvalue weighted by molar-refractivity contribution is 0.373. The first-order chi connectivity index (χ1) is 10.7. The second-order valence-corrected chi connectivity index (χ2v) is 6.29. The maximum absolute atomic E-state index is 6.20. The van der Waals surface area contributed by atoms with Gasteiger partial charge in [0.05, 0.1) is 10.7 Å². The average molecular weight is 317 g/mol. The molecule has 22 heavy (non-hydrogen) atoms. The summed E-state index contributed by atoms with van der Waals surface area (Å²) in [4.78, 5) is 8.64. The van der Waals surface area contributed by atoms with E-state index in [1.165, 1.54) is 32.1 Å². The molecule has 0 saturated heterocycles. The molecule has 2 heterocycles. The van der Waals surface area contributed by atoms with Crippen molar-refractivity contribution in [2.24, 2.45) is 5.92 Å². The maximum Gasteiger partial charge on any atom is 0.126 e. The standard InChI is InChI=1S/C17H21ClN4/c18-14-11-20-16(19)9-13(14)15-7-4-8-17(22-15)21-10-12-5-2-1-3-6-12/h4,7-9,11-12H,1-3,5-6,10H2,(H2,19,20)(H,21,22). The van der Waals surface area contributed by atoms with Crippen LogP contribution in [0.3, 0.4) is 0 Å². The molecule has 3 rings (SSSR count). The second-order valence-electron chi connectivity index (χ2n) is 5.88. The summed E-state index contributed by atoms with van der Waals surface area (Å²) in [5.41, 5.74) is 7.37. The first-order valence-electron chi connectivity index (χ1n) is 7.85. The van der Waals surface area contributed by atoms with Crippen LogP contribution in [-0.4, -0.2) is 16.5 Å². The van der Waals surface area contributed by atoms with E-state index in [4.69, 9.17) is 17.3 Å². The highest BCUT2D eigenvalue weighted by Crippen LogP contribution is 2.28. The van der Waals surface area contributed by atoms with Gasteiger partial charge in [-0.05, 0) is 37.0 Å². The summed E-state index contributed by atoms with van der Waals surface area (Å²) in [6.45, 7) is 0.989. The van der Waals surface area contributed by atoms with E-state index < -0.39 is 0 Å². The molecule has 2 aromatic rings. The molecule has 116 valence electrons. The lowest BCUT2D eigenvalue weighted by Gasteiger charge is -2.22. The van der Waals surface area contributed by atoms with E-state index in [0.717, 1.165) is 29.5 Å². The van der Waals surface area contributed by atoms with Gasteiger partial charge < -0.3 is 11.1 Å². The Labute approximate surface area is 136 Å². The Morgan fingerprint density at radius 1 is 1.23 bits per heavy atom. The van der Waals surface area contributed by atoms with Crippen LogP contribution in [0.1, 0.15) is 32.1 Å². The van der Waals surface area contributed by atoms with Crippen LogP contribution in [-0.2, 0) is 0 Å². The van der Waals surface area contributed by atoms with Crippen LogP contribution >= 0.6 is 11.6 Å². The predicted octanol–water partition coefficient (Wildman–Crippen LogP) is 4.37. The molecule has 4 nitrogen and oxygen atoms in total. The van der Waals surface area contributed by atoms with Gasteiger partial charge >= 0.3 is 0 Å². The largest absolute Gasteiger partial charge is 0.384 e. The van der Waals surface area contributed by atoms with E-state index in [1.54, 1.807) is 12.3 Å². The average Bonchev–Trinajstić information content (AvgIpc) is 2.56. The molecule has 0 radical (unpaired) electrons. The summed E-state index contributed by atoms with van der Waals surface area (Å²) in [6.07, 6.45) is 8.29. The van der Waals surface area contributed by atoms with Crippen LogP contribution in [0, 0.1) is 5.92 Å². The first kappa shape index (κ1) is 15.1. The quantitative estimate of drug-likeness (QED) is 0.879. The van der Waals surface area contributed by atoms with Crippen LogP contribution in [0.15, 0.2) is 30.5 Å². The molecule has 0 bridgehead atoms. The van der Waals surface area contributed by atoms with Gasteiger partial charge in [0.25, 0.3) is 0 Å². The van der Waals surface area contributed by atoms with Crippen LogP contribution in [0.2, 0.25) is 5.02 Å². The molecule has 0 aromatic carbocycles. The molecule has 0 amide bonds. The van der Waals surface area contributed by atoms with Gasteiger partial charge in [0.1, 0.15) is 11.6 Å². The van der Waals surface area contributed by atoms with Crippen LogP contribution in [0.5, 0.6) is 0 Å². The van der Waals surface area contributed by atoms with E-state index in [0.29, 0.717) is 10.8 Å². The zero-order chi connectivity index (χ0) is 15.4. The Morgan fingerprint density at radius 3 is 2.86 bits per heavy atom. The van der Waals surface area contributed by atoms with Crippen molar-refractivity contribution >= 4 is 23.2 Å². The minimum atomic E-state index is 0.446. The number of anilines is 2. The van der Waals surface area contributed by atoms with E-state index >= 15 is 0 Å². The molecule has 3 N–H and O–H groups in total. The molecule has 0 unspecified atom stereocenters. The van der Waals surface area contributed by atoms with Crippen LogP contribution in [0.25, 0.3) is 11.3 Å². The fraction of sp³-hybridized carbons (Fsp3) is 0.412. The van der Waals surface area contributed by atoms with E-state index in [9.17, 15) is 0 Å². The normalized spacial score (nSPS) is 15.7. The minimum absolute atomic E-state index is 0.446. The van der Waals surface area contributed by atoms with Crippen molar-refractivity contribution < 1.29 is 0 Å². The van der Waals surface area contributed by atoms with Crippen molar-refractivity contribution in [3.05, 3.63) is 35.5 Å². The number of nitrogen functional groups attached to an aromatic ring is 1. The van der Waals surface area contributed by atoms with Crippen molar-refractivity contribution in [1.29, 1.82) is 0 Å². The van der Waals surface area contributed by atoms with Gasteiger partial charge in [-0.25, -0.2) is 9.97 Å². The number of halogens is 1. The van der Waals surface area contributed by atoms with Gasteiger partial charge in [-0.15, -0.1) is 0 Å². The third-order valence-electron chi connectivity index (χ3n) is 4.20. The van der Waals surface area contributed by atoms with Gasteiger partial charge in [0, 0.05) is 18.3 Å². The number of rotatable bonds is 4. The molecule has 0 spiro atoms. The second kappa shape index (κ2) is 6.97. The fourth-order valence-electron chi connectivity index (χ4n) is 2.97. The SMILES string of the molecule is Nc1cc(-c2cccc(NCC3CCCCC3)n2)c(Cl)cn1. The Morgan fingerprint density at radius 2 is 2.05 bits per heavy atom. The van der Waals surface area contributed by atoms with E-state index in [2.05, 4.69) is 15.3 Å². The van der Waals surface area contributed by atoms with Crippen LogP contribution in [0.4, 0.5) is 11.6 Å². The molecule has 1 fully saturated rings. The summed E-state index contributed by atoms with van der Waals surface area (Å²) < 4.78 is 0. The van der Waals surface area contributed by atoms with Crippen molar-refractivity contribution in [3.8, 4) is 11.3 Å². The van der Waals surface area contributed by atoms with E-state index in [1.807, 2.05) is 18.2 Å². The number of hydrogen-bond donors (Lipinski definition) is 2. The third-order valence-corrected chi connectivity index (χ3v) is 4.50. The first-order valence-corrected chi connectivity index (χ1v) is 8.22. The number of aromatic nitrogens is 2. The number of nitrogens with zero attached hydrogens (tertiary/aromatic N) is 2. The van der Waals surface area contributed by atoms with Crippen molar-refractivity contribution in [3.63, 3.8) is 0 Å². The summed E-state index contributed by atoms with van der Waals surface area (Å²) in [5, 5.41) is 4.02. The summed E-state index contributed by atoms with van der Waals surface area (Å²) in [7, 11) is 0. The van der Waals surface area contributed by atoms with Gasteiger partial charge in [0.15, 0.2) is 0 Å². The maximum atomic E-state index is 6.20. The molecule has 1 aliphatic carbocycles. The molecule has 0 atom stereocenters. The highest BCUT2D eigenvalue weighted by Gasteiger charge is 2.13. The van der Waals surface area contributed by atoms with Gasteiger partial charge in [-0.2, -0.15) is 0 Å². The van der Waals surface area contributed by atoms with Crippen molar-refractivity contribution in [2.45, 2.75) is 32.1 Å².